The lowest BCUT2D eigenvalue weighted by atomic mass is 9.91. The molecule has 0 aromatic carbocycles. The van der Waals surface area contributed by atoms with Gasteiger partial charge in [0.15, 0.2) is 0 Å². The summed E-state index contributed by atoms with van der Waals surface area (Å²) in [6.07, 6.45) is 0. The summed E-state index contributed by atoms with van der Waals surface area (Å²) >= 11 is 0. The van der Waals surface area contributed by atoms with Crippen LogP contribution in [0.3, 0.4) is 0 Å². The van der Waals surface area contributed by atoms with E-state index in [4.69, 9.17) is 14.2 Å². The van der Waals surface area contributed by atoms with Gasteiger partial charge in [-0.2, -0.15) is 0 Å². The van der Waals surface area contributed by atoms with Gasteiger partial charge in [-0.3, -0.25) is 0 Å². The van der Waals surface area contributed by atoms with Crippen LogP contribution in [0.5, 0.6) is 0 Å². The summed E-state index contributed by atoms with van der Waals surface area (Å²) in [5.41, 5.74) is -0.307. The molecule has 0 radical (unpaired) electrons. The predicted molar refractivity (Wildman–Crippen MR) is 46.0 cm³/mol. The zero-order valence-corrected chi connectivity index (χ0v) is 8.35. The van der Waals surface area contributed by atoms with Crippen molar-refractivity contribution in [2.75, 3.05) is 19.8 Å². The van der Waals surface area contributed by atoms with Crippen molar-refractivity contribution < 1.29 is 14.2 Å². The zero-order chi connectivity index (χ0) is 9.24. The van der Waals surface area contributed by atoms with Gasteiger partial charge in [-0.05, 0) is 27.7 Å². The van der Waals surface area contributed by atoms with Crippen molar-refractivity contribution in [3.05, 3.63) is 0 Å². The maximum Gasteiger partial charge on any atom is 0.221 e. The molecule has 3 heteroatoms. The molecule has 0 aromatic heterocycles. The Morgan fingerprint density at radius 2 is 1.67 bits per heavy atom. The maximum atomic E-state index is 5.57. The van der Waals surface area contributed by atoms with Gasteiger partial charge < -0.3 is 14.2 Å². The maximum absolute atomic E-state index is 5.57. The molecule has 1 saturated heterocycles. The first-order valence-electron chi connectivity index (χ1n) is 4.50. The van der Waals surface area contributed by atoms with Crippen molar-refractivity contribution in [2.24, 2.45) is 0 Å². The van der Waals surface area contributed by atoms with Crippen molar-refractivity contribution >= 4 is 0 Å². The molecule has 1 heterocycles. The van der Waals surface area contributed by atoms with Crippen LogP contribution >= 0.6 is 0 Å². The summed E-state index contributed by atoms with van der Waals surface area (Å²) in [6, 6.07) is 0. The number of rotatable bonds is 4. The Bertz CT molecular complexity index is 148. The molecule has 0 amide bonds. The molecule has 0 unspecified atom stereocenters. The van der Waals surface area contributed by atoms with Crippen LogP contribution in [-0.2, 0) is 14.2 Å². The van der Waals surface area contributed by atoms with Crippen LogP contribution in [0.2, 0.25) is 0 Å². The van der Waals surface area contributed by atoms with Crippen LogP contribution in [0.4, 0.5) is 0 Å². The van der Waals surface area contributed by atoms with E-state index in [0.717, 1.165) is 0 Å². The van der Waals surface area contributed by atoms with E-state index in [1.54, 1.807) is 0 Å². The minimum Gasteiger partial charge on any atom is -0.364 e. The molecule has 3 nitrogen and oxygen atoms in total. The SMILES string of the molecule is CCOC1(OCC)COC1(C)C. The molecular weight excluding hydrogens is 156 g/mol. The monoisotopic (exact) mass is 174 g/mol. The largest absolute Gasteiger partial charge is 0.364 e. The Morgan fingerprint density at radius 3 is 1.83 bits per heavy atom. The fourth-order valence-electron chi connectivity index (χ4n) is 1.42. The first-order valence-corrected chi connectivity index (χ1v) is 4.50. The average Bonchev–Trinajstić information content (AvgIpc) is 2.02. The molecule has 0 N–H and O–H groups in total. The number of hydrogen-bond acceptors (Lipinski definition) is 3. The summed E-state index contributed by atoms with van der Waals surface area (Å²) < 4.78 is 16.5. The molecule has 12 heavy (non-hydrogen) atoms. The quantitative estimate of drug-likeness (QED) is 0.605. The molecule has 72 valence electrons. The standard InChI is InChI=1S/C9H18O3/c1-5-10-9(11-6-2)7-12-8(9,3)4/h5-7H2,1-4H3. The number of ether oxygens (including phenoxy) is 3. The summed E-state index contributed by atoms with van der Waals surface area (Å²) in [7, 11) is 0. The van der Waals surface area contributed by atoms with E-state index in [-0.39, 0.29) is 5.60 Å². The molecular formula is C9H18O3. The van der Waals surface area contributed by atoms with Crippen molar-refractivity contribution in [1.82, 2.24) is 0 Å². The molecule has 1 fully saturated rings. The van der Waals surface area contributed by atoms with Gasteiger partial charge in [0.25, 0.3) is 0 Å². The molecule has 0 spiro atoms. The van der Waals surface area contributed by atoms with E-state index in [0.29, 0.717) is 19.8 Å². The predicted octanol–water partition coefficient (Wildman–Crippen LogP) is 1.56. The Labute approximate surface area is 74.0 Å². The first-order chi connectivity index (χ1) is 5.58. The Morgan fingerprint density at radius 1 is 1.17 bits per heavy atom. The van der Waals surface area contributed by atoms with Crippen molar-refractivity contribution in [3.63, 3.8) is 0 Å². The lowest BCUT2D eigenvalue weighted by Gasteiger charge is -2.53. The molecule has 1 aliphatic heterocycles. The summed E-state index contributed by atoms with van der Waals surface area (Å²) in [4.78, 5) is 0. The second kappa shape index (κ2) is 3.32. The number of hydrogen-bond donors (Lipinski definition) is 0. The van der Waals surface area contributed by atoms with Gasteiger partial charge in [-0.1, -0.05) is 0 Å². The molecule has 0 atom stereocenters. The van der Waals surface area contributed by atoms with Crippen LogP contribution in [0.1, 0.15) is 27.7 Å². The summed E-state index contributed by atoms with van der Waals surface area (Å²) in [5, 5.41) is 0. The van der Waals surface area contributed by atoms with Gasteiger partial charge in [0.1, 0.15) is 12.2 Å². The molecule has 0 bridgehead atoms. The highest BCUT2D eigenvalue weighted by Gasteiger charge is 2.57. The fourth-order valence-corrected chi connectivity index (χ4v) is 1.42. The van der Waals surface area contributed by atoms with Gasteiger partial charge in [-0.25, -0.2) is 0 Å². The highest BCUT2D eigenvalue weighted by molar-refractivity contribution is 4.97. The van der Waals surface area contributed by atoms with E-state index >= 15 is 0 Å². The van der Waals surface area contributed by atoms with Gasteiger partial charge in [0.05, 0.1) is 0 Å². The third-order valence-corrected chi connectivity index (χ3v) is 2.30. The minimum atomic E-state index is -0.503. The van der Waals surface area contributed by atoms with E-state index < -0.39 is 5.79 Å². The smallest absolute Gasteiger partial charge is 0.221 e. The van der Waals surface area contributed by atoms with Gasteiger partial charge >= 0.3 is 0 Å². The Hall–Kier alpha value is -0.120. The average molecular weight is 174 g/mol. The van der Waals surface area contributed by atoms with Crippen LogP contribution < -0.4 is 0 Å². The van der Waals surface area contributed by atoms with Crippen molar-refractivity contribution in [2.45, 2.75) is 39.1 Å². The van der Waals surface area contributed by atoms with E-state index in [2.05, 4.69) is 0 Å². The van der Waals surface area contributed by atoms with Gasteiger partial charge in [0, 0.05) is 13.2 Å². The second-order valence-electron chi connectivity index (χ2n) is 3.42. The van der Waals surface area contributed by atoms with Gasteiger partial charge in [0.2, 0.25) is 5.79 Å². The molecule has 1 aliphatic rings. The third-order valence-electron chi connectivity index (χ3n) is 2.30. The summed E-state index contributed by atoms with van der Waals surface area (Å²) in [5.74, 6) is -0.503. The second-order valence-corrected chi connectivity index (χ2v) is 3.42. The van der Waals surface area contributed by atoms with E-state index in [1.807, 2.05) is 27.7 Å². The van der Waals surface area contributed by atoms with E-state index in [1.165, 1.54) is 0 Å². The molecule has 0 aromatic rings. The van der Waals surface area contributed by atoms with Crippen LogP contribution in [0.15, 0.2) is 0 Å². The first kappa shape index (κ1) is 9.96. The highest BCUT2D eigenvalue weighted by Crippen LogP contribution is 2.40. The van der Waals surface area contributed by atoms with E-state index in [9.17, 15) is 0 Å². The van der Waals surface area contributed by atoms with Crippen LogP contribution in [-0.4, -0.2) is 31.2 Å². The van der Waals surface area contributed by atoms with Crippen molar-refractivity contribution in [1.29, 1.82) is 0 Å². The minimum absolute atomic E-state index is 0.307. The molecule has 1 rings (SSSR count). The highest BCUT2D eigenvalue weighted by atomic mass is 16.8. The molecule has 0 saturated carbocycles. The van der Waals surface area contributed by atoms with Crippen LogP contribution in [0.25, 0.3) is 0 Å². The normalized spacial score (nSPS) is 25.0. The molecule has 0 aliphatic carbocycles. The van der Waals surface area contributed by atoms with Crippen LogP contribution in [0, 0.1) is 0 Å². The summed E-state index contributed by atoms with van der Waals surface area (Å²) in [6.45, 7) is 9.77. The van der Waals surface area contributed by atoms with Crippen molar-refractivity contribution in [3.8, 4) is 0 Å². The van der Waals surface area contributed by atoms with Gasteiger partial charge in [-0.15, -0.1) is 0 Å². The lowest BCUT2D eigenvalue weighted by Crippen LogP contribution is -2.68. The topological polar surface area (TPSA) is 27.7 Å². The zero-order valence-electron chi connectivity index (χ0n) is 8.35. The third kappa shape index (κ3) is 1.37. The Balaban J connectivity index is 2.60. The Kier molecular flexibility index (Phi) is 2.76. The lowest BCUT2D eigenvalue weighted by molar-refractivity contribution is -0.412. The fraction of sp³-hybridized carbons (Fsp3) is 1.00.